The average Bonchev–Trinajstić information content (AvgIpc) is 3.87. The number of benzene rings is 6. The molecule has 6 aromatic carbocycles. The molecule has 0 aromatic heterocycles. The summed E-state index contributed by atoms with van der Waals surface area (Å²) in [6.07, 6.45) is -10.7. The summed E-state index contributed by atoms with van der Waals surface area (Å²) in [4.78, 5) is 0. The molecule has 6 atom stereocenters. The molecule has 1 aliphatic carbocycles. The summed E-state index contributed by atoms with van der Waals surface area (Å²) >= 11 is 0. The van der Waals surface area contributed by atoms with E-state index in [0.717, 1.165) is 0 Å². The molecule has 388 valence electrons. The van der Waals surface area contributed by atoms with E-state index in [-0.39, 0.29) is 66.1 Å². The van der Waals surface area contributed by atoms with Gasteiger partial charge in [-0.3, -0.25) is 54.3 Å². The summed E-state index contributed by atoms with van der Waals surface area (Å²) in [7, 11) is -19.2. The van der Waals surface area contributed by atoms with Crippen molar-refractivity contribution in [2.45, 2.75) is 103 Å². The Hall–Kier alpha value is -4.32. The van der Waals surface area contributed by atoms with Crippen LogP contribution in [-0.2, 0) is 148 Å². The van der Waals surface area contributed by atoms with Crippen LogP contribution in [0.5, 0.6) is 0 Å². The summed E-state index contributed by atoms with van der Waals surface area (Å²) in [5, 5.41) is 0. The molecule has 1 saturated carbocycles. The van der Waals surface area contributed by atoms with Crippen LogP contribution in [0.25, 0.3) is 0 Å². The third kappa shape index (κ3) is 12.1. The number of phosphoric ester groups is 4. The van der Waals surface area contributed by atoms with E-state index in [0.29, 0.717) is 55.6 Å². The van der Waals surface area contributed by atoms with Crippen LogP contribution in [0.4, 0.5) is 0 Å². The van der Waals surface area contributed by atoms with Crippen molar-refractivity contribution in [1.29, 1.82) is 0 Å². The van der Waals surface area contributed by atoms with E-state index in [1.807, 2.05) is 60.7 Å². The zero-order valence-electron chi connectivity index (χ0n) is 39.7. The molecule has 6 aromatic rings. The van der Waals surface area contributed by atoms with Crippen LogP contribution in [0.2, 0.25) is 0 Å². The lowest BCUT2D eigenvalue weighted by atomic mass is 9.84. The molecule has 74 heavy (non-hydrogen) atoms. The van der Waals surface area contributed by atoms with Crippen LogP contribution in [-0.4, -0.2) is 36.6 Å². The van der Waals surface area contributed by atoms with E-state index in [1.54, 1.807) is 97.1 Å². The summed E-state index contributed by atoms with van der Waals surface area (Å²) < 4.78 is 150. The van der Waals surface area contributed by atoms with Gasteiger partial charge in [0.15, 0.2) is 0 Å². The molecule has 0 saturated heterocycles. The number of fused-ring (bicyclic) bond motifs is 4. The van der Waals surface area contributed by atoms with Gasteiger partial charge in [0.2, 0.25) is 0 Å². The van der Waals surface area contributed by atoms with E-state index in [2.05, 4.69) is 0 Å². The Morgan fingerprint density at radius 2 is 0.473 bits per heavy atom. The highest BCUT2D eigenvalue weighted by Gasteiger charge is 2.62. The maximum Gasteiger partial charge on any atom is 0.475 e. The second-order valence-electron chi connectivity index (χ2n) is 17.9. The SMILES string of the molecule is O=P1(OC2[C@@H](OP3(=O)OCc4ccccc4CO3)[C@@H](OCc3ccccc3)C(OP3(=O)OCc4ccccc4CO3)[C@H](OCc3ccccc3)[C@H]2OP2(=O)OCc3ccccc3CO2)OCc2ccccc2CO1. The topological polar surface area (TPSA) is 197 Å². The Morgan fingerprint density at radius 1 is 0.284 bits per heavy atom. The quantitative estimate of drug-likeness (QED) is 0.0932. The van der Waals surface area contributed by atoms with Gasteiger partial charge in [-0.05, 0) is 55.6 Å². The van der Waals surface area contributed by atoms with Crippen LogP contribution in [0, 0.1) is 0 Å². The summed E-state index contributed by atoms with van der Waals surface area (Å²) in [6, 6.07) is 46.9. The average molecular weight is 1090 g/mol. The fraction of sp³-hybridized carbons (Fsp3) is 0.308. The van der Waals surface area contributed by atoms with Crippen molar-refractivity contribution in [2.24, 2.45) is 0 Å². The molecule has 0 amide bonds. The lowest BCUT2D eigenvalue weighted by molar-refractivity contribution is -0.240. The minimum Gasteiger partial charge on any atom is -0.368 e. The van der Waals surface area contributed by atoms with Gasteiger partial charge in [0, 0.05) is 0 Å². The van der Waals surface area contributed by atoms with Gasteiger partial charge in [-0.25, -0.2) is 18.3 Å². The normalized spacial score (nSPS) is 25.8. The smallest absolute Gasteiger partial charge is 0.368 e. The second-order valence-corrected chi connectivity index (χ2v) is 24.3. The Labute approximate surface area is 427 Å². The minimum absolute atomic E-state index is 0.188. The molecule has 5 aliphatic rings. The summed E-state index contributed by atoms with van der Waals surface area (Å²) in [5.41, 5.74) is 6.73. The zero-order valence-corrected chi connectivity index (χ0v) is 43.3. The van der Waals surface area contributed by atoms with Crippen molar-refractivity contribution in [3.8, 4) is 0 Å². The Kier molecular flexibility index (Phi) is 15.9. The van der Waals surface area contributed by atoms with Crippen molar-refractivity contribution in [2.75, 3.05) is 0 Å². The number of hydrogen-bond acceptors (Lipinski definition) is 18. The van der Waals surface area contributed by atoms with Gasteiger partial charge in [-0.1, -0.05) is 158 Å². The third-order valence-electron chi connectivity index (χ3n) is 13.0. The molecular weight excluding hydrogens is 1040 g/mol. The van der Waals surface area contributed by atoms with Crippen LogP contribution >= 0.6 is 31.3 Å². The molecule has 11 rings (SSSR count). The Bertz CT molecular complexity index is 2860. The van der Waals surface area contributed by atoms with Gasteiger partial charge in [0.05, 0.1) is 66.1 Å². The first-order valence-electron chi connectivity index (χ1n) is 23.9. The molecular formula is C52H52O18P4. The van der Waals surface area contributed by atoms with Gasteiger partial charge in [0.25, 0.3) is 0 Å². The zero-order chi connectivity index (χ0) is 50.6. The lowest BCUT2D eigenvalue weighted by Gasteiger charge is -2.49. The third-order valence-corrected chi connectivity index (χ3v) is 18.6. The van der Waals surface area contributed by atoms with Crippen LogP contribution in [0.3, 0.4) is 0 Å². The van der Waals surface area contributed by atoms with Gasteiger partial charge in [0.1, 0.15) is 36.6 Å². The van der Waals surface area contributed by atoms with Crippen LogP contribution in [0.15, 0.2) is 158 Å². The van der Waals surface area contributed by atoms with Crippen molar-refractivity contribution in [1.82, 2.24) is 0 Å². The molecule has 1 fully saturated rings. The molecule has 0 N–H and O–H groups in total. The standard InChI is InChI=1S/C52H52O18P4/c53-71(59-29-39-19-7-8-20-40(39)30-60-71)67-49-47(57-27-37-15-3-1-4-16-37)50(68-72(54)61-31-41-21-9-10-22-42(41)32-62-72)52(70-74(56)65-35-45-25-13-14-26-46(45)36-66-74)51(48(49)58-28-38-17-5-2-6-18-38)69-73(55)63-33-43-23-11-12-24-44(43)34-64-73/h1-26,47-52H,27-36H2/t47-,48-,49?,50-,51+,52?/m0/s1. The molecule has 4 aliphatic heterocycles. The molecule has 2 unspecified atom stereocenters. The second kappa shape index (κ2) is 22.7. The fourth-order valence-electron chi connectivity index (χ4n) is 9.05. The van der Waals surface area contributed by atoms with Crippen molar-refractivity contribution in [3.63, 3.8) is 0 Å². The summed E-state index contributed by atoms with van der Waals surface area (Å²) in [6.45, 7) is -2.08. The lowest BCUT2D eigenvalue weighted by Crippen LogP contribution is -2.66. The number of phosphoric acid groups is 4. The number of hydrogen-bond donors (Lipinski definition) is 0. The molecule has 18 nitrogen and oxygen atoms in total. The molecule has 0 spiro atoms. The maximum atomic E-state index is 15.4. The predicted molar refractivity (Wildman–Crippen MR) is 264 cm³/mol. The first-order chi connectivity index (χ1) is 36.0. The van der Waals surface area contributed by atoms with E-state index >= 15 is 18.3 Å². The highest BCUT2D eigenvalue weighted by molar-refractivity contribution is 7.49. The predicted octanol–water partition coefficient (Wildman–Crippen LogP) is 12.1. The highest BCUT2D eigenvalue weighted by Crippen LogP contribution is 2.64. The first kappa shape index (κ1) is 51.8. The van der Waals surface area contributed by atoms with E-state index < -0.39 is 67.9 Å². The van der Waals surface area contributed by atoms with Crippen molar-refractivity contribution in [3.05, 3.63) is 213 Å². The largest absolute Gasteiger partial charge is 0.475 e. The van der Waals surface area contributed by atoms with Crippen LogP contribution in [0.1, 0.15) is 55.6 Å². The monoisotopic (exact) mass is 1090 g/mol. The first-order valence-corrected chi connectivity index (χ1v) is 29.7. The molecule has 4 heterocycles. The van der Waals surface area contributed by atoms with Crippen molar-refractivity contribution < 1.29 is 82.0 Å². The van der Waals surface area contributed by atoms with Gasteiger partial charge < -0.3 is 9.47 Å². The van der Waals surface area contributed by atoms with Gasteiger partial charge in [-0.2, -0.15) is 0 Å². The Balaban J connectivity index is 1.07. The van der Waals surface area contributed by atoms with Gasteiger partial charge >= 0.3 is 31.3 Å². The van der Waals surface area contributed by atoms with E-state index in [4.69, 9.17) is 63.8 Å². The molecule has 0 radical (unpaired) electrons. The highest BCUT2D eigenvalue weighted by atomic mass is 31.2. The summed E-state index contributed by atoms with van der Waals surface area (Å²) in [5.74, 6) is 0. The molecule has 0 bridgehead atoms. The Morgan fingerprint density at radius 3 is 0.703 bits per heavy atom. The van der Waals surface area contributed by atoms with Crippen molar-refractivity contribution >= 4 is 31.3 Å². The van der Waals surface area contributed by atoms with Crippen LogP contribution < -0.4 is 0 Å². The number of ether oxygens (including phenoxy) is 2. The van der Waals surface area contributed by atoms with Gasteiger partial charge in [-0.15, -0.1) is 0 Å². The minimum atomic E-state index is -4.82. The fourth-order valence-corrected chi connectivity index (χ4v) is 14.4. The van der Waals surface area contributed by atoms with E-state index in [9.17, 15) is 0 Å². The number of rotatable bonds is 14. The molecule has 22 heteroatoms. The maximum absolute atomic E-state index is 15.4. The van der Waals surface area contributed by atoms with E-state index in [1.165, 1.54) is 0 Å².